The van der Waals surface area contributed by atoms with E-state index in [0.29, 0.717) is 16.9 Å². The SMILES string of the molecule is CCC(C)(C)CCCc1cc(O)c(CCCC(C)(C)I)cc1O. The van der Waals surface area contributed by atoms with Crippen LogP contribution in [0, 0.1) is 5.41 Å². The van der Waals surface area contributed by atoms with E-state index < -0.39 is 0 Å². The van der Waals surface area contributed by atoms with Gasteiger partial charge >= 0.3 is 0 Å². The second-order valence-electron chi connectivity index (χ2n) is 8.05. The predicted octanol–water partition coefficient (Wildman–Crippen LogP) is 6.39. The molecule has 0 aliphatic heterocycles. The average molecular weight is 432 g/mol. The topological polar surface area (TPSA) is 40.5 Å². The third-order valence-corrected chi connectivity index (χ3v) is 5.29. The smallest absolute Gasteiger partial charge is 0.119 e. The minimum Gasteiger partial charge on any atom is -0.508 e. The molecule has 0 aliphatic rings. The third kappa shape index (κ3) is 7.77. The second kappa shape index (κ2) is 8.59. The van der Waals surface area contributed by atoms with Crippen molar-refractivity contribution >= 4 is 22.6 Å². The number of hydrogen-bond acceptors (Lipinski definition) is 2. The van der Waals surface area contributed by atoms with Crippen LogP contribution >= 0.6 is 22.6 Å². The molecule has 0 heterocycles. The highest BCUT2D eigenvalue weighted by molar-refractivity contribution is 14.1. The maximum Gasteiger partial charge on any atom is 0.119 e. The highest BCUT2D eigenvalue weighted by atomic mass is 127. The van der Waals surface area contributed by atoms with E-state index in [1.54, 1.807) is 12.1 Å². The fourth-order valence-corrected chi connectivity index (χ4v) is 3.08. The summed E-state index contributed by atoms with van der Waals surface area (Å²) >= 11 is 2.45. The molecule has 0 saturated heterocycles. The van der Waals surface area contributed by atoms with Crippen LogP contribution in [-0.4, -0.2) is 13.6 Å². The molecule has 3 heteroatoms. The van der Waals surface area contributed by atoms with Crippen LogP contribution in [0.3, 0.4) is 0 Å². The zero-order valence-electron chi connectivity index (χ0n) is 15.4. The molecular formula is C20H33IO2. The number of aromatic hydroxyl groups is 2. The summed E-state index contributed by atoms with van der Waals surface area (Å²) in [7, 11) is 0. The van der Waals surface area contributed by atoms with Gasteiger partial charge in [0, 0.05) is 3.42 Å². The van der Waals surface area contributed by atoms with Crippen LogP contribution < -0.4 is 0 Å². The molecule has 1 aromatic rings. The molecule has 0 fully saturated rings. The largest absolute Gasteiger partial charge is 0.508 e. The van der Waals surface area contributed by atoms with Crippen molar-refractivity contribution in [3.63, 3.8) is 0 Å². The highest BCUT2D eigenvalue weighted by Gasteiger charge is 2.16. The average Bonchev–Trinajstić information content (AvgIpc) is 2.42. The Morgan fingerprint density at radius 1 is 0.870 bits per heavy atom. The van der Waals surface area contributed by atoms with Gasteiger partial charge in [-0.25, -0.2) is 0 Å². The fourth-order valence-electron chi connectivity index (χ4n) is 2.70. The molecule has 0 bridgehead atoms. The van der Waals surface area contributed by atoms with Crippen LogP contribution in [0.4, 0.5) is 0 Å². The van der Waals surface area contributed by atoms with Gasteiger partial charge in [-0.15, -0.1) is 0 Å². The molecule has 1 rings (SSSR count). The van der Waals surface area contributed by atoms with E-state index in [-0.39, 0.29) is 3.42 Å². The van der Waals surface area contributed by atoms with E-state index in [1.165, 1.54) is 0 Å². The second-order valence-corrected chi connectivity index (χ2v) is 11.0. The van der Waals surface area contributed by atoms with Gasteiger partial charge < -0.3 is 10.2 Å². The molecule has 2 nitrogen and oxygen atoms in total. The Morgan fingerprint density at radius 3 is 1.70 bits per heavy atom. The van der Waals surface area contributed by atoms with Gasteiger partial charge in [0.1, 0.15) is 11.5 Å². The van der Waals surface area contributed by atoms with Gasteiger partial charge in [-0.05, 0) is 67.2 Å². The zero-order valence-corrected chi connectivity index (χ0v) is 17.5. The molecule has 0 amide bonds. The fraction of sp³-hybridized carbons (Fsp3) is 0.700. The number of phenolic OH excluding ortho intramolecular Hbond substituents is 2. The number of rotatable bonds is 9. The van der Waals surface area contributed by atoms with Crippen LogP contribution in [0.25, 0.3) is 0 Å². The molecule has 0 atom stereocenters. The molecule has 1 aromatic carbocycles. The Labute approximate surface area is 155 Å². The van der Waals surface area contributed by atoms with Crippen LogP contribution in [0.15, 0.2) is 12.1 Å². The molecule has 132 valence electrons. The summed E-state index contributed by atoms with van der Waals surface area (Å²) in [6, 6.07) is 3.52. The lowest BCUT2D eigenvalue weighted by atomic mass is 9.84. The molecule has 0 unspecified atom stereocenters. The molecule has 0 spiro atoms. The van der Waals surface area contributed by atoms with Gasteiger partial charge in [-0.1, -0.05) is 63.6 Å². The Kier molecular flexibility index (Phi) is 7.69. The van der Waals surface area contributed by atoms with E-state index in [0.717, 1.165) is 56.1 Å². The summed E-state index contributed by atoms with van der Waals surface area (Å²) in [6.07, 6.45) is 7.09. The normalized spacial score (nSPS) is 12.6. The van der Waals surface area contributed by atoms with Crippen molar-refractivity contribution in [3.05, 3.63) is 23.3 Å². The standard InChI is InChI=1S/C20H33IO2/c1-6-19(2,3)11-7-9-15-13-18(23)16(14-17(15)22)10-8-12-20(4,5)21/h13-14,22-23H,6-12H2,1-5H3. The highest BCUT2D eigenvalue weighted by Crippen LogP contribution is 2.33. The van der Waals surface area contributed by atoms with Crippen molar-refractivity contribution in [2.75, 3.05) is 0 Å². The quantitative estimate of drug-likeness (QED) is 0.270. The lowest BCUT2D eigenvalue weighted by molar-refractivity contribution is 0.312. The van der Waals surface area contributed by atoms with Gasteiger partial charge in [-0.3, -0.25) is 0 Å². The van der Waals surface area contributed by atoms with Gasteiger partial charge in [0.15, 0.2) is 0 Å². The van der Waals surface area contributed by atoms with E-state index in [1.807, 2.05) is 0 Å². The van der Waals surface area contributed by atoms with Crippen LogP contribution in [0.5, 0.6) is 11.5 Å². The van der Waals surface area contributed by atoms with Gasteiger partial charge in [0.05, 0.1) is 0 Å². The first-order chi connectivity index (χ1) is 10.5. The van der Waals surface area contributed by atoms with E-state index in [9.17, 15) is 10.2 Å². The summed E-state index contributed by atoms with van der Waals surface area (Å²) in [5, 5.41) is 20.5. The van der Waals surface area contributed by atoms with Crippen LogP contribution in [-0.2, 0) is 12.8 Å². The Bertz CT molecular complexity index is 501. The van der Waals surface area contributed by atoms with E-state index in [2.05, 4.69) is 57.2 Å². The minimum absolute atomic E-state index is 0.279. The molecule has 2 N–H and O–H groups in total. The van der Waals surface area contributed by atoms with Gasteiger partial charge in [-0.2, -0.15) is 0 Å². The van der Waals surface area contributed by atoms with Crippen molar-refractivity contribution < 1.29 is 10.2 Å². The van der Waals surface area contributed by atoms with E-state index >= 15 is 0 Å². The molecule has 0 radical (unpaired) electrons. The van der Waals surface area contributed by atoms with Gasteiger partial charge in [0.25, 0.3) is 0 Å². The number of hydrogen-bond donors (Lipinski definition) is 2. The number of halogens is 1. The maximum absolute atomic E-state index is 10.2. The zero-order chi connectivity index (χ0) is 17.7. The molecule has 0 saturated carbocycles. The molecule has 0 aromatic heterocycles. The number of alkyl halides is 1. The Balaban J connectivity index is 2.63. The number of phenols is 2. The summed E-state index contributed by atoms with van der Waals surface area (Å²) < 4.78 is 0.279. The molecule has 23 heavy (non-hydrogen) atoms. The van der Waals surface area contributed by atoms with Crippen molar-refractivity contribution in [1.29, 1.82) is 0 Å². The first-order valence-electron chi connectivity index (χ1n) is 8.77. The monoisotopic (exact) mass is 432 g/mol. The molecular weight excluding hydrogens is 399 g/mol. The third-order valence-electron chi connectivity index (χ3n) is 4.75. The minimum atomic E-state index is 0.279. The maximum atomic E-state index is 10.2. The molecule has 0 aliphatic carbocycles. The summed E-state index contributed by atoms with van der Waals surface area (Å²) in [6.45, 7) is 11.2. The van der Waals surface area contributed by atoms with E-state index in [4.69, 9.17) is 0 Å². The van der Waals surface area contributed by atoms with Gasteiger partial charge in [0.2, 0.25) is 0 Å². The van der Waals surface area contributed by atoms with Crippen molar-refractivity contribution in [2.24, 2.45) is 5.41 Å². The van der Waals surface area contributed by atoms with Crippen molar-refractivity contribution in [2.45, 2.75) is 83.0 Å². The lowest BCUT2D eigenvalue weighted by Crippen LogP contribution is -2.09. The lowest BCUT2D eigenvalue weighted by Gasteiger charge is -2.22. The number of benzene rings is 1. The van der Waals surface area contributed by atoms with Crippen molar-refractivity contribution in [3.8, 4) is 11.5 Å². The summed E-state index contributed by atoms with van der Waals surface area (Å²) in [5.74, 6) is 0.666. The Morgan fingerprint density at radius 2 is 1.30 bits per heavy atom. The summed E-state index contributed by atoms with van der Waals surface area (Å²) in [5.41, 5.74) is 2.08. The first-order valence-corrected chi connectivity index (χ1v) is 9.84. The van der Waals surface area contributed by atoms with Crippen LogP contribution in [0.2, 0.25) is 0 Å². The van der Waals surface area contributed by atoms with Crippen molar-refractivity contribution in [1.82, 2.24) is 0 Å². The first kappa shape index (κ1) is 20.6. The predicted molar refractivity (Wildman–Crippen MR) is 108 cm³/mol. The number of aryl methyl sites for hydroxylation is 2. The summed E-state index contributed by atoms with van der Waals surface area (Å²) in [4.78, 5) is 0. The van der Waals surface area contributed by atoms with Crippen LogP contribution in [0.1, 0.15) is 77.8 Å². The Hall–Kier alpha value is -0.450.